The standard InChI is InChI=1S/C9H13ClN2O4S/c1-9(14,6-13)5-12-17(15,16)7-2-3-11-8(10)4-7/h2-4,12-14H,5-6H2,1H3. The summed E-state index contributed by atoms with van der Waals surface area (Å²) in [7, 11) is -3.77. The first kappa shape index (κ1) is 14.3. The fraction of sp³-hybridized carbons (Fsp3) is 0.444. The Morgan fingerprint density at radius 2 is 2.24 bits per heavy atom. The molecule has 0 bridgehead atoms. The van der Waals surface area contributed by atoms with E-state index in [1.807, 2.05) is 0 Å². The number of nitrogens with zero attached hydrogens (tertiary/aromatic N) is 1. The second-order valence-corrected chi connectivity index (χ2v) is 5.95. The minimum atomic E-state index is -3.77. The molecule has 96 valence electrons. The van der Waals surface area contributed by atoms with Gasteiger partial charge in [0.2, 0.25) is 10.0 Å². The topological polar surface area (TPSA) is 99.5 Å². The van der Waals surface area contributed by atoms with E-state index in [0.717, 1.165) is 0 Å². The first-order valence-electron chi connectivity index (χ1n) is 4.71. The molecule has 1 rings (SSSR count). The van der Waals surface area contributed by atoms with E-state index in [2.05, 4.69) is 9.71 Å². The number of nitrogens with one attached hydrogen (secondary N) is 1. The SMILES string of the molecule is CC(O)(CO)CNS(=O)(=O)c1ccnc(Cl)c1. The molecule has 0 aliphatic rings. The molecule has 17 heavy (non-hydrogen) atoms. The van der Waals surface area contributed by atoms with Crippen LogP contribution in [0.5, 0.6) is 0 Å². The molecule has 1 aromatic heterocycles. The average molecular weight is 281 g/mol. The van der Waals surface area contributed by atoms with Crippen molar-refractivity contribution in [2.24, 2.45) is 0 Å². The van der Waals surface area contributed by atoms with Gasteiger partial charge in [0.25, 0.3) is 0 Å². The second kappa shape index (κ2) is 5.28. The van der Waals surface area contributed by atoms with E-state index in [9.17, 15) is 13.5 Å². The van der Waals surface area contributed by atoms with Crippen LogP contribution in [0.25, 0.3) is 0 Å². The molecule has 0 saturated carbocycles. The van der Waals surface area contributed by atoms with Crippen molar-refractivity contribution in [2.75, 3.05) is 13.2 Å². The average Bonchev–Trinajstić information content (AvgIpc) is 2.27. The lowest BCUT2D eigenvalue weighted by Gasteiger charge is -2.20. The summed E-state index contributed by atoms with van der Waals surface area (Å²) in [6, 6.07) is 2.47. The normalized spacial score (nSPS) is 15.5. The van der Waals surface area contributed by atoms with Gasteiger partial charge in [0.15, 0.2) is 0 Å². The van der Waals surface area contributed by atoms with Crippen molar-refractivity contribution < 1.29 is 18.6 Å². The molecule has 0 saturated heterocycles. The maximum absolute atomic E-state index is 11.8. The van der Waals surface area contributed by atoms with Crippen molar-refractivity contribution in [2.45, 2.75) is 17.4 Å². The Bertz CT molecular complexity index is 490. The first-order valence-corrected chi connectivity index (χ1v) is 6.57. The largest absolute Gasteiger partial charge is 0.393 e. The quantitative estimate of drug-likeness (QED) is 0.646. The Labute approximate surface area is 104 Å². The second-order valence-electron chi connectivity index (χ2n) is 3.79. The van der Waals surface area contributed by atoms with Gasteiger partial charge < -0.3 is 10.2 Å². The number of halogens is 1. The molecule has 0 amide bonds. The van der Waals surface area contributed by atoms with Crippen molar-refractivity contribution in [3.8, 4) is 0 Å². The highest BCUT2D eigenvalue weighted by atomic mass is 35.5. The molecule has 1 unspecified atom stereocenters. The molecule has 0 radical (unpaired) electrons. The summed E-state index contributed by atoms with van der Waals surface area (Å²) in [4.78, 5) is 3.61. The van der Waals surface area contributed by atoms with Gasteiger partial charge in [-0.3, -0.25) is 0 Å². The third kappa shape index (κ3) is 4.21. The molecule has 3 N–H and O–H groups in total. The van der Waals surface area contributed by atoms with E-state index in [1.54, 1.807) is 0 Å². The maximum atomic E-state index is 11.8. The van der Waals surface area contributed by atoms with Crippen LogP contribution in [0, 0.1) is 0 Å². The highest BCUT2D eigenvalue weighted by molar-refractivity contribution is 7.89. The van der Waals surface area contributed by atoms with E-state index < -0.39 is 22.2 Å². The molecule has 0 aliphatic carbocycles. The fourth-order valence-corrected chi connectivity index (χ4v) is 2.35. The van der Waals surface area contributed by atoms with Crippen LogP contribution in [0.4, 0.5) is 0 Å². The number of pyridine rings is 1. The zero-order valence-electron chi connectivity index (χ0n) is 9.09. The summed E-state index contributed by atoms with van der Waals surface area (Å²) in [6.45, 7) is 0.466. The predicted molar refractivity (Wildman–Crippen MR) is 62.1 cm³/mol. The van der Waals surface area contributed by atoms with Gasteiger partial charge in [0, 0.05) is 12.7 Å². The number of hydrogen-bond acceptors (Lipinski definition) is 5. The van der Waals surface area contributed by atoms with Crippen molar-refractivity contribution in [3.05, 3.63) is 23.5 Å². The van der Waals surface area contributed by atoms with Crippen LogP contribution < -0.4 is 4.72 Å². The highest BCUT2D eigenvalue weighted by Crippen LogP contribution is 2.13. The van der Waals surface area contributed by atoms with E-state index in [-0.39, 0.29) is 16.6 Å². The lowest BCUT2D eigenvalue weighted by Crippen LogP contribution is -2.43. The van der Waals surface area contributed by atoms with Gasteiger partial charge >= 0.3 is 0 Å². The summed E-state index contributed by atoms with van der Waals surface area (Å²) < 4.78 is 25.7. The van der Waals surface area contributed by atoms with Gasteiger partial charge in [-0.05, 0) is 19.1 Å². The maximum Gasteiger partial charge on any atom is 0.240 e. The third-order valence-electron chi connectivity index (χ3n) is 1.99. The van der Waals surface area contributed by atoms with Crippen molar-refractivity contribution in [1.82, 2.24) is 9.71 Å². The monoisotopic (exact) mass is 280 g/mol. The van der Waals surface area contributed by atoms with Crippen LogP contribution in [0.1, 0.15) is 6.92 Å². The predicted octanol–water partition coefficient (Wildman–Crippen LogP) is -0.243. The van der Waals surface area contributed by atoms with E-state index in [0.29, 0.717) is 0 Å². The number of aromatic nitrogens is 1. The molecule has 1 atom stereocenters. The highest BCUT2D eigenvalue weighted by Gasteiger charge is 2.23. The van der Waals surface area contributed by atoms with Gasteiger partial charge in [0.05, 0.1) is 17.1 Å². The summed E-state index contributed by atoms with van der Waals surface area (Å²) in [5.41, 5.74) is -1.51. The number of aliphatic hydroxyl groups excluding tert-OH is 1. The van der Waals surface area contributed by atoms with Crippen LogP contribution in [0.3, 0.4) is 0 Å². The van der Waals surface area contributed by atoms with E-state index >= 15 is 0 Å². The van der Waals surface area contributed by atoms with E-state index in [1.165, 1.54) is 25.3 Å². The van der Waals surface area contributed by atoms with Crippen LogP contribution in [0.15, 0.2) is 23.2 Å². The van der Waals surface area contributed by atoms with Crippen molar-refractivity contribution in [1.29, 1.82) is 0 Å². The molecule has 0 spiro atoms. The van der Waals surface area contributed by atoms with Gasteiger partial charge in [-0.1, -0.05) is 11.6 Å². The molecule has 1 aromatic rings. The van der Waals surface area contributed by atoms with Gasteiger partial charge in [-0.2, -0.15) is 0 Å². The van der Waals surface area contributed by atoms with Gasteiger partial charge in [-0.25, -0.2) is 18.1 Å². The molecule has 8 heteroatoms. The van der Waals surface area contributed by atoms with Crippen LogP contribution in [-0.4, -0.2) is 42.4 Å². The smallest absolute Gasteiger partial charge is 0.240 e. The first-order chi connectivity index (χ1) is 7.77. The van der Waals surface area contributed by atoms with Crippen molar-refractivity contribution >= 4 is 21.6 Å². The molecular formula is C9H13ClN2O4S. The zero-order valence-corrected chi connectivity index (χ0v) is 10.7. The zero-order chi connectivity index (χ0) is 13.1. The third-order valence-corrected chi connectivity index (χ3v) is 3.60. The molecule has 0 aromatic carbocycles. The molecule has 0 fully saturated rings. The summed E-state index contributed by atoms with van der Waals surface area (Å²) in [5, 5.41) is 18.3. The van der Waals surface area contributed by atoms with Crippen molar-refractivity contribution in [3.63, 3.8) is 0 Å². The van der Waals surface area contributed by atoms with Crippen LogP contribution in [0.2, 0.25) is 5.15 Å². The molecule has 1 heterocycles. The Balaban J connectivity index is 2.83. The minimum Gasteiger partial charge on any atom is -0.393 e. The Hall–Kier alpha value is -0.730. The fourth-order valence-electron chi connectivity index (χ4n) is 0.942. The number of rotatable bonds is 5. The minimum absolute atomic E-state index is 0.0498. The van der Waals surface area contributed by atoms with Gasteiger partial charge in [0.1, 0.15) is 5.15 Å². The molecular weight excluding hydrogens is 268 g/mol. The lowest BCUT2D eigenvalue weighted by molar-refractivity contribution is 0.00681. The van der Waals surface area contributed by atoms with Gasteiger partial charge in [-0.15, -0.1) is 0 Å². The van der Waals surface area contributed by atoms with Crippen LogP contribution in [-0.2, 0) is 10.0 Å². The Morgan fingerprint density at radius 3 is 2.76 bits per heavy atom. The number of sulfonamides is 1. The Kier molecular flexibility index (Phi) is 4.45. The summed E-state index contributed by atoms with van der Waals surface area (Å²) in [5.74, 6) is 0. The molecule has 0 aliphatic heterocycles. The number of aliphatic hydroxyl groups is 2. The van der Waals surface area contributed by atoms with E-state index in [4.69, 9.17) is 16.7 Å². The van der Waals surface area contributed by atoms with Crippen LogP contribution >= 0.6 is 11.6 Å². The lowest BCUT2D eigenvalue weighted by atomic mass is 10.1. The Morgan fingerprint density at radius 1 is 1.59 bits per heavy atom. The number of hydrogen-bond donors (Lipinski definition) is 3. The molecule has 6 nitrogen and oxygen atoms in total. The summed E-state index contributed by atoms with van der Waals surface area (Å²) >= 11 is 5.58. The summed E-state index contributed by atoms with van der Waals surface area (Å²) in [6.07, 6.45) is 1.26.